The van der Waals surface area contributed by atoms with Crippen LogP contribution in [0.25, 0.3) is 0 Å². The van der Waals surface area contributed by atoms with E-state index in [1.54, 1.807) is 24.3 Å². The maximum atomic E-state index is 13.2. The minimum atomic E-state index is -0.744. The van der Waals surface area contributed by atoms with Gasteiger partial charge in [-0.25, -0.2) is 4.79 Å². The summed E-state index contributed by atoms with van der Waals surface area (Å²) < 4.78 is 6.28. The van der Waals surface area contributed by atoms with Gasteiger partial charge < -0.3 is 14.9 Å². The summed E-state index contributed by atoms with van der Waals surface area (Å²) in [5.41, 5.74) is 3.44. The van der Waals surface area contributed by atoms with E-state index < -0.39 is 5.60 Å². The normalized spacial score (nSPS) is 14.5. The summed E-state index contributed by atoms with van der Waals surface area (Å²) in [5, 5.41) is 20.8. The van der Waals surface area contributed by atoms with Gasteiger partial charge >= 0.3 is 5.97 Å². The Kier molecular flexibility index (Phi) is 8.65. The van der Waals surface area contributed by atoms with E-state index in [2.05, 4.69) is 60.6 Å². The monoisotopic (exact) mass is 516 g/mol. The lowest BCUT2D eigenvalue weighted by molar-refractivity contribution is -0.0413. The maximum Gasteiger partial charge on any atom is 0.338 e. The van der Waals surface area contributed by atoms with Crippen molar-refractivity contribution in [3.8, 4) is 11.5 Å². The Labute approximate surface area is 228 Å². The summed E-state index contributed by atoms with van der Waals surface area (Å²) in [6.45, 7) is 16.7. The van der Waals surface area contributed by atoms with Crippen molar-refractivity contribution >= 4 is 5.97 Å². The molecule has 2 atom stereocenters. The molecule has 0 saturated heterocycles. The fourth-order valence-electron chi connectivity index (χ4n) is 4.86. The molecule has 0 fully saturated rings. The van der Waals surface area contributed by atoms with Crippen LogP contribution in [0, 0.1) is 5.92 Å². The van der Waals surface area contributed by atoms with E-state index in [-0.39, 0.29) is 22.7 Å². The van der Waals surface area contributed by atoms with Gasteiger partial charge in [0.05, 0.1) is 5.56 Å². The van der Waals surface area contributed by atoms with E-state index in [9.17, 15) is 15.0 Å². The fourth-order valence-corrected chi connectivity index (χ4v) is 4.86. The lowest BCUT2D eigenvalue weighted by Gasteiger charge is -2.36. The summed E-state index contributed by atoms with van der Waals surface area (Å²) in [4.78, 5) is 13.2. The molecule has 0 aromatic heterocycles. The number of hydrogen-bond donors (Lipinski definition) is 2. The molecule has 2 N–H and O–H groups in total. The number of benzene rings is 3. The Morgan fingerprint density at radius 2 is 1.26 bits per heavy atom. The molecule has 0 heterocycles. The van der Waals surface area contributed by atoms with Crippen molar-refractivity contribution in [3.63, 3.8) is 0 Å². The zero-order valence-corrected chi connectivity index (χ0v) is 24.3. The summed E-state index contributed by atoms with van der Waals surface area (Å²) >= 11 is 0. The second-order valence-electron chi connectivity index (χ2n) is 12.9. The van der Waals surface area contributed by atoms with E-state index in [4.69, 9.17) is 4.74 Å². The number of aryl methyl sites for hydroxylation is 1. The van der Waals surface area contributed by atoms with Crippen molar-refractivity contribution in [2.45, 2.75) is 91.1 Å². The minimum Gasteiger partial charge on any atom is -0.508 e. The first-order valence-electron chi connectivity index (χ1n) is 13.5. The van der Waals surface area contributed by atoms with Crippen LogP contribution in [0.4, 0.5) is 0 Å². The third kappa shape index (κ3) is 7.18. The molecule has 204 valence electrons. The van der Waals surface area contributed by atoms with Crippen LogP contribution in [0.3, 0.4) is 0 Å². The largest absolute Gasteiger partial charge is 0.508 e. The van der Waals surface area contributed by atoms with Gasteiger partial charge in [-0.3, -0.25) is 0 Å². The fraction of sp³-hybridized carbons (Fsp3) is 0.441. The molecule has 0 radical (unpaired) electrons. The van der Waals surface area contributed by atoms with Crippen LogP contribution in [0.15, 0.2) is 66.7 Å². The number of ether oxygens (including phenoxy) is 1. The van der Waals surface area contributed by atoms with Gasteiger partial charge in [-0.2, -0.15) is 0 Å². The third-order valence-electron chi connectivity index (χ3n) is 7.57. The Hall–Kier alpha value is -3.27. The molecule has 0 aliphatic rings. The molecule has 4 heteroatoms. The third-order valence-corrected chi connectivity index (χ3v) is 7.57. The van der Waals surface area contributed by atoms with Gasteiger partial charge in [0.1, 0.15) is 17.1 Å². The Morgan fingerprint density at radius 3 is 1.79 bits per heavy atom. The minimum absolute atomic E-state index is 0.00623. The van der Waals surface area contributed by atoms with Crippen LogP contribution >= 0.6 is 0 Å². The van der Waals surface area contributed by atoms with Gasteiger partial charge in [-0.1, -0.05) is 90.9 Å². The van der Waals surface area contributed by atoms with Crippen LogP contribution < -0.4 is 0 Å². The van der Waals surface area contributed by atoms with Crippen LogP contribution in [-0.4, -0.2) is 21.8 Å². The highest BCUT2D eigenvalue weighted by Crippen LogP contribution is 2.36. The Balaban J connectivity index is 1.90. The molecule has 3 rings (SSSR count). The molecule has 0 aliphatic heterocycles. The lowest BCUT2D eigenvalue weighted by atomic mass is 9.79. The standard InChI is InChI=1S/C34H44O4/c1-23(20-25-15-17-30(36)28(22-25)33(5,6)7)34(8,38-31(37)26-12-10-9-11-13-26)19-18-24-14-16-29(35)27(21-24)32(2,3)4/h9-17,21-23,35-36H,18-20H2,1-8H3. The second-order valence-corrected chi connectivity index (χ2v) is 12.9. The molecule has 0 aliphatic carbocycles. The quantitative estimate of drug-likeness (QED) is 0.297. The average molecular weight is 517 g/mol. The zero-order valence-electron chi connectivity index (χ0n) is 24.3. The van der Waals surface area contributed by atoms with Crippen LogP contribution in [-0.2, 0) is 28.4 Å². The SMILES string of the molecule is CC(Cc1ccc(O)c(C(C)(C)C)c1)C(C)(CCc1ccc(O)c(C(C)(C)C)c1)OC(=O)c1ccccc1. The highest BCUT2D eigenvalue weighted by molar-refractivity contribution is 5.89. The molecule has 0 saturated carbocycles. The highest BCUT2D eigenvalue weighted by atomic mass is 16.6. The lowest BCUT2D eigenvalue weighted by Crippen LogP contribution is -2.40. The van der Waals surface area contributed by atoms with E-state index in [1.807, 2.05) is 37.3 Å². The molecular weight excluding hydrogens is 472 g/mol. The second kappa shape index (κ2) is 11.2. The predicted molar refractivity (Wildman–Crippen MR) is 155 cm³/mol. The number of rotatable bonds is 8. The van der Waals surface area contributed by atoms with Crippen molar-refractivity contribution in [1.82, 2.24) is 0 Å². The average Bonchev–Trinajstić information content (AvgIpc) is 2.83. The molecule has 38 heavy (non-hydrogen) atoms. The van der Waals surface area contributed by atoms with Crippen molar-refractivity contribution in [3.05, 3.63) is 94.5 Å². The van der Waals surface area contributed by atoms with E-state index in [1.165, 1.54) is 0 Å². The van der Waals surface area contributed by atoms with Gasteiger partial charge in [0.25, 0.3) is 0 Å². The van der Waals surface area contributed by atoms with Crippen molar-refractivity contribution < 1.29 is 19.7 Å². The summed E-state index contributed by atoms with van der Waals surface area (Å²) in [6.07, 6.45) is 2.03. The number of phenols is 2. The van der Waals surface area contributed by atoms with Crippen molar-refractivity contribution in [1.29, 1.82) is 0 Å². The predicted octanol–water partition coefficient (Wildman–Crippen LogP) is 8.12. The Bertz CT molecular complexity index is 1250. The zero-order chi connectivity index (χ0) is 28.3. The van der Waals surface area contributed by atoms with E-state index in [0.717, 1.165) is 22.3 Å². The van der Waals surface area contributed by atoms with Crippen molar-refractivity contribution in [2.75, 3.05) is 0 Å². The van der Waals surface area contributed by atoms with Gasteiger partial charge in [0.15, 0.2) is 0 Å². The molecule has 4 nitrogen and oxygen atoms in total. The van der Waals surface area contributed by atoms with Gasteiger partial charge in [0, 0.05) is 0 Å². The highest BCUT2D eigenvalue weighted by Gasteiger charge is 2.36. The number of carbonyl (C=O) groups excluding carboxylic acids is 1. The van der Waals surface area contributed by atoms with Gasteiger partial charge in [-0.05, 0) is 89.5 Å². The Morgan fingerprint density at radius 1 is 0.763 bits per heavy atom. The first-order chi connectivity index (χ1) is 17.6. The molecular formula is C34H44O4. The summed E-state index contributed by atoms with van der Waals surface area (Å²) in [7, 11) is 0. The number of aromatic hydroxyl groups is 2. The first-order valence-corrected chi connectivity index (χ1v) is 13.5. The summed E-state index contributed by atoms with van der Waals surface area (Å²) in [6, 6.07) is 20.7. The van der Waals surface area contributed by atoms with Gasteiger partial charge in [0.2, 0.25) is 0 Å². The maximum absolute atomic E-state index is 13.2. The first kappa shape index (κ1) is 29.3. The number of phenolic OH excluding ortho intramolecular Hbond substituents is 2. The molecule has 3 aromatic carbocycles. The van der Waals surface area contributed by atoms with Crippen LogP contribution in [0.2, 0.25) is 0 Å². The number of hydrogen-bond acceptors (Lipinski definition) is 4. The van der Waals surface area contributed by atoms with E-state index in [0.29, 0.717) is 36.3 Å². The van der Waals surface area contributed by atoms with E-state index >= 15 is 0 Å². The smallest absolute Gasteiger partial charge is 0.338 e. The van der Waals surface area contributed by atoms with Crippen LogP contribution in [0.5, 0.6) is 11.5 Å². The molecule has 0 bridgehead atoms. The molecule has 3 aromatic rings. The summed E-state index contributed by atoms with van der Waals surface area (Å²) in [5.74, 6) is 0.276. The molecule has 0 spiro atoms. The van der Waals surface area contributed by atoms with Gasteiger partial charge in [-0.15, -0.1) is 0 Å². The molecule has 0 amide bonds. The topological polar surface area (TPSA) is 66.8 Å². The van der Waals surface area contributed by atoms with Crippen LogP contribution in [0.1, 0.15) is 94.4 Å². The number of esters is 1. The number of carbonyl (C=O) groups is 1. The molecule has 2 unspecified atom stereocenters. The van der Waals surface area contributed by atoms with Crippen molar-refractivity contribution in [2.24, 2.45) is 5.92 Å².